The molecule has 1 heterocycles. The first-order chi connectivity index (χ1) is 5.56. The summed E-state index contributed by atoms with van der Waals surface area (Å²) in [6.07, 6.45) is 0.162. The van der Waals surface area contributed by atoms with Crippen LogP contribution in [0.1, 0.15) is 6.92 Å². The van der Waals surface area contributed by atoms with Gasteiger partial charge in [-0.1, -0.05) is 45.2 Å². The Hall–Kier alpha value is 0.890. The van der Waals surface area contributed by atoms with E-state index in [0.717, 1.165) is 11.0 Å². The fraction of sp³-hybridized carbons (Fsp3) is 0.857. The van der Waals surface area contributed by atoms with Crippen molar-refractivity contribution in [3.8, 4) is 0 Å². The Labute approximate surface area is 98.8 Å². The third-order valence-corrected chi connectivity index (χ3v) is 5.29. The van der Waals surface area contributed by atoms with E-state index in [2.05, 4.69) is 45.2 Å². The van der Waals surface area contributed by atoms with Gasteiger partial charge in [0.15, 0.2) is 0 Å². The molecule has 0 aromatic heterocycles. The number of carbonyl (C=O) groups is 1. The Kier molecular flexibility index (Phi) is 4.03. The fourth-order valence-corrected chi connectivity index (χ4v) is 1.01. The van der Waals surface area contributed by atoms with Gasteiger partial charge in [0, 0.05) is 4.43 Å². The second kappa shape index (κ2) is 4.41. The van der Waals surface area contributed by atoms with Gasteiger partial charge in [-0.3, -0.25) is 4.79 Å². The third kappa shape index (κ3) is 3.33. The zero-order valence-electron chi connectivity index (χ0n) is 6.68. The van der Waals surface area contributed by atoms with E-state index in [4.69, 9.17) is 9.47 Å². The van der Waals surface area contributed by atoms with Crippen LogP contribution < -0.4 is 0 Å². The van der Waals surface area contributed by atoms with E-state index in [1.807, 2.05) is 6.92 Å². The zero-order valence-corrected chi connectivity index (χ0v) is 11.0. The average Bonchev–Trinajstić information content (AvgIpc) is 2.83. The van der Waals surface area contributed by atoms with Gasteiger partial charge in [-0.05, 0) is 6.92 Å². The SMILES string of the molecule is CC(I)(CI)C(=O)OCC1CO1. The highest BCUT2D eigenvalue weighted by Crippen LogP contribution is 2.23. The summed E-state index contributed by atoms with van der Waals surface area (Å²) in [5.41, 5.74) is 0. The second-order valence-electron chi connectivity index (χ2n) is 2.88. The fourth-order valence-electron chi connectivity index (χ4n) is 0.538. The first-order valence-electron chi connectivity index (χ1n) is 3.60. The van der Waals surface area contributed by atoms with Crippen molar-refractivity contribution in [3.63, 3.8) is 0 Å². The Morgan fingerprint density at radius 1 is 1.83 bits per heavy atom. The Morgan fingerprint density at radius 2 is 2.42 bits per heavy atom. The molecule has 0 saturated carbocycles. The zero-order chi connectivity index (χ0) is 9.19. The standard InChI is InChI=1S/C7H10I2O3/c1-7(9,4-8)6(10)12-3-5-2-11-5/h5H,2-4H2,1H3. The lowest BCUT2D eigenvalue weighted by Crippen LogP contribution is -2.32. The maximum Gasteiger partial charge on any atom is 0.322 e. The molecule has 70 valence electrons. The molecule has 1 aliphatic heterocycles. The monoisotopic (exact) mass is 396 g/mol. The predicted octanol–water partition coefficient (Wildman–Crippen LogP) is 1.56. The molecule has 1 aliphatic rings. The van der Waals surface area contributed by atoms with Crippen LogP contribution in [0.4, 0.5) is 0 Å². The van der Waals surface area contributed by atoms with Gasteiger partial charge in [0.05, 0.1) is 6.61 Å². The van der Waals surface area contributed by atoms with E-state index < -0.39 is 3.42 Å². The minimum Gasteiger partial charge on any atom is -0.462 e. The summed E-state index contributed by atoms with van der Waals surface area (Å²) < 4.78 is 10.3. The first-order valence-corrected chi connectivity index (χ1v) is 6.20. The molecule has 2 unspecified atom stereocenters. The average molecular weight is 396 g/mol. The van der Waals surface area contributed by atoms with Crippen molar-refractivity contribution in [1.29, 1.82) is 0 Å². The summed E-state index contributed by atoms with van der Waals surface area (Å²) in [5, 5.41) is 0. The van der Waals surface area contributed by atoms with Crippen LogP contribution >= 0.6 is 45.2 Å². The Balaban J connectivity index is 2.25. The van der Waals surface area contributed by atoms with E-state index >= 15 is 0 Å². The number of halogens is 2. The van der Waals surface area contributed by atoms with E-state index in [9.17, 15) is 4.79 Å². The maximum atomic E-state index is 11.3. The van der Waals surface area contributed by atoms with E-state index in [-0.39, 0.29) is 12.1 Å². The largest absolute Gasteiger partial charge is 0.462 e. The smallest absolute Gasteiger partial charge is 0.322 e. The molecule has 0 radical (unpaired) electrons. The molecule has 1 saturated heterocycles. The van der Waals surface area contributed by atoms with Gasteiger partial charge in [0.25, 0.3) is 0 Å². The van der Waals surface area contributed by atoms with Crippen molar-refractivity contribution in [3.05, 3.63) is 0 Å². The van der Waals surface area contributed by atoms with Crippen molar-refractivity contribution in [1.82, 2.24) is 0 Å². The van der Waals surface area contributed by atoms with Gasteiger partial charge in [0.2, 0.25) is 0 Å². The molecule has 5 heteroatoms. The highest BCUT2D eigenvalue weighted by molar-refractivity contribution is 14.1. The molecule has 1 rings (SSSR count). The minimum absolute atomic E-state index is 0.145. The Bertz CT molecular complexity index is 177. The minimum atomic E-state index is -0.396. The second-order valence-corrected chi connectivity index (χ2v) is 6.03. The normalized spacial score (nSPS) is 26.1. The third-order valence-electron chi connectivity index (χ3n) is 1.48. The number of epoxide rings is 1. The summed E-state index contributed by atoms with van der Waals surface area (Å²) in [6.45, 7) is 3.01. The molecule has 0 amide bonds. The number of ether oxygens (including phenoxy) is 2. The molecule has 12 heavy (non-hydrogen) atoms. The first kappa shape index (κ1) is 11.0. The molecule has 0 aliphatic carbocycles. The number of hydrogen-bond acceptors (Lipinski definition) is 3. The van der Waals surface area contributed by atoms with Gasteiger partial charge in [-0.25, -0.2) is 0 Å². The molecule has 0 aromatic rings. The van der Waals surface area contributed by atoms with E-state index in [1.54, 1.807) is 0 Å². The molecule has 0 bridgehead atoms. The van der Waals surface area contributed by atoms with Crippen molar-refractivity contribution in [2.24, 2.45) is 0 Å². The molecule has 3 nitrogen and oxygen atoms in total. The number of carbonyl (C=O) groups excluding carboxylic acids is 1. The summed E-state index contributed by atoms with van der Waals surface area (Å²) in [7, 11) is 0. The van der Waals surface area contributed by atoms with Crippen LogP contribution in [0.2, 0.25) is 0 Å². The molecular weight excluding hydrogens is 386 g/mol. The van der Waals surface area contributed by atoms with Crippen LogP contribution in [0.25, 0.3) is 0 Å². The molecular formula is C7H10I2O3. The van der Waals surface area contributed by atoms with Crippen LogP contribution in [0, 0.1) is 0 Å². The van der Waals surface area contributed by atoms with Crippen molar-refractivity contribution >= 4 is 51.2 Å². The topological polar surface area (TPSA) is 38.8 Å². The van der Waals surface area contributed by atoms with Crippen LogP contribution in [0.15, 0.2) is 0 Å². The quantitative estimate of drug-likeness (QED) is 0.314. The number of alkyl halides is 2. The highest BCUT2D eigenvalue weighted by Gasteiger charge is 2.32. The van der Waals surface area contributed by atoms with Gasteiger partial charge >= 0.3 is 5.97 Å². The summed E-state index contributed by atoms with van der Waals surface area (Å²) in [4.78, 5) is 11.3. The molecule has 1 fully saturated rings. The van der Waals surface area contributed by atoms with Gasteiger partial charge in [0.1, 0.15) is 16.1 Å². The van der Waals surface area contributed by atoms with Crippen LogP contribution in [-0.2, 0) is 14.3 Å². The molecule has 0 N–H and O–H groups in total. The van der Waals surface area contributed by atoms with Crippen LogP contribution in [0.3, 0.4) is 0 Å². The lowest BCUT2D eigenvalue weighted by molar-refractivity contribution is -0.145. The van der Waals surface area contributed by atoms with Crippen LogP contribution in [-0.4, -0.2) is 33.1 Å². The van der Waals surface area contributed by atoms with E-state index in [0.29, 0.717) is 6.61 Å². The highest BCUT2D eigenvalue weighted by atomic mass is 127. The van der Waals surface area contributed by atoms with E-state index in [1.165, 1.54) is 0 Å². The Morgan fingerprint density at radius 3 is 2.83 bits per heavy atom. The van der Waals surface area contributed by atoms with Crippen molar-refractivity contribution in [2.75, 3.05) is 17.6 Å². The van der Waals surface area contributed by atoms with Gasteiger partial charge in [-0.15, -0.1) is 0 Å². The van der Waals surface area contributed by atoms with Crippen LogP contribution in [0.5, 0.6) is 0 Å². The summed E-state index contributed by atoms with van der Waals surface area (Å²) in [5.74, 6) is -0.145. The lowest BCUT2D eigenvalue weighted by Gasteiger charge is -2.16. The summed E-state index contributed by atoms with van der Waals surface area (Å²) in [6, 6.07) is 0. The molecule has 0 aromatic carbocycles. The number of rotatable bonds is 4. The molecule has 2 atom stereocenters. The van der Waals surface area contributed by atoms with Gasteiger partial charge < -0.3 is 9.47 Å². The number of hydrogen-bond donors (Lipinski definition) is 0. The van der Waals surface area contributed by atoms with Gasteiger partial charge in [-0.2, -0.15) is 0 Å². The maximum absolute atomic E-state index is 11.3. The van der Waals surface area contributed by atoms with Crippen molar-refractivity contribution in [2.45, 2.75) is 16.4 Å². The summed E-state index contributed by atoms with van der Waals surface area (Å²) >= 11 is 4.29. The van der Waals surface area contributed by atoms with Crippen molar-refractivity contribution < 1.29 is 14.3 Å². The number of esters is 1. The predicted molar refractivity (Wildman–Crippen MR) is 62.0 cm³/mol. The molecule has 0 spiro atoms. The lowest BCUT2D eigenvalue weighted by atomic mass is 10.2.